The lowest BCUT2D eigenvalue weighted by molar-refractivity contribution is -0.166. The minimum absolute atomic E-state index is 0.0949. The maximum Gasteiger partial charge on any atom is 0.311 e. The van der Waals surface area contributed by atoms with Gasteiger partial charge in [-0.05, 0) is 62.9 Å². The van der Waals surface area contributed by atoms with Crippen LogP contribution in [-0.2, 0) is 19.1 Å². The van der Waals surface area contributed by atoms with Crippen LogP contribution in [0.3, 0.4) is 0 Å². The molecule has 1 fully saturated rings. The second-order valence-corrected chi connectivity index (χ2v) is 10.3. The second-order valence-electron chi connectivity index (χ2n) is 10.3. The van der Waals surface area contributed by atoms with E-state index in [4.69, 9.17) is 9.47 Å². The molecule has 0 spiro atoms. The molecule has 5 nitrogen and oxygen atoms in total. The predicted molar refractivity (Wildman–Crippen MR) is 115 cm³/mol. The van der Waals surface area contributed by atoms with E-state index in [1.165, 1.54) is 5.57 Å². The third-order valence-corrected chi connectivity index (χ3v) is 7.35. The highest BCUT2D eigenvalue weighted by atomic mass is 16.6. The topological polar surface area (TPSA) is 72.8 Å². The summed E-state index contributed by atoms with van der Waals surface area (Å²) in [6.45, 7) is 10.3. The fourth-order valence-electron chi connectivity index (χ4n) is 5.08. The van der Waals surface area contributed by atoms with Crippen LogP contribution < -0.4 is 0 Å². The number of aliphatic hydroxyl groups excluding tert-OH is 1. The summed E-state index contributed by atoms with van der Waals surface area (Å²) in [5, 5.41) is 9.92. The zero-order chi connectivity index (χ0) is 22.1. The fourth-order valence-corrected chi connectivity index (χ4v) is 5.08. The quantitative estimate of drug-likeness (QED) is 0.639. The van der Waals surface area contributed by atoms with E-state index < -0.39 is 11.5 Å². The Morgan fingerprint density at radius 1 is 1.27 bits per heavy atom. The maximum atomic E-state index is 12.9. The van der Waals surface area contributed by atoms with E-state index in [2.05, 4.69) is 32.1 Å². The first-order valence-electron chi connectivity index (χ1n) is 11.6. The van der Waals surface area contributed by atoms with Gasteiger partial charge < -0.3 is 14.6 Å². The van der Waals surface area contributed by atoms with Gasteiger partial charge in [0.25, 0.3) is 0 Å². The molecule has 0 amide bonds. The third kappa shape index (κ3) is 5.16. The number of hydrogen-bond donors (Lipinski definition) is 1. The number of carbonyl (C=O) groups is 2. The number of ether oxygens (including phenoxy) is 2. The molecule has 7 atom stereocenters. The molecule has 0 saturated carbocycles. The summed E-state index contributed by atoms with van der Waals surface area (Å²) in [4.78, 5) is 24.6. The number of aliphatic hydroxyl groups is 1. The lowest BCUT2D eigenvalue weighted by atomic mass is 9.65. The Kier molecular flexibility index (Phi) is 7.11. The van der Waals surface area contributed by atoms with Crippen molar-refractivity contribution in [3.63, 3.8) is 0 Å². The van der Waals surface area contributed by atoms with E-state index in [0.29, 0.717) is 24.2 Å². The molecule has 0 aromatic carbocycles. The Morgan fingerprint density at radius 3 is 2.67 bits per heavy atom. The molecule has 30 heavy (non-hydrogen) atoms. The molecule has 1 unspecified atom stereocenters. The van der Waals surface area contributed by atoms with Gasteiger partial charge in [-0.25, -0.2) is 0 Å². The van der Waals surface area contributed by atoms with E-state index in [-0.39, 0.29) is 36.5 Å². The number of carbonyl (C=O) groups excluding carboxylic acids is 2. The third-order valence-electron chi connectivity index (χ3n) is 7.35. The largest absolute Gasteiger partial charge is 0.462 e. The Hall–Kier alpha value is -1.62. The highest BCUT2D eigenvalue weighted by Crippen LogP contribution is 2.45. The summed E-state index contributed by atoms with van der Waals surface area (Å²) < 4.78 is 11.6. The Morgan fingerprint density at radius 2 is 2.00 bits per heavy atom. The van der Waals surface area contributed by atoms with Crippen LogP contribution >= 0.6 is 0 Å². The fraction of sp³-hybridized carbons (Fsp3) is 0.760. The van der Waals surface area contributed by atoms with Crippen molar-refractivity contribution in [2.75, 3.05) is 0 Å². The highest BCUT2D eigenvalue weighted by molar-refractivity contribution is 5.76. The van der Waals surface area contributed by atoms with Crippen molar-refractivity contribution >= 4 is 11.9 Å². The number of fused-ring (bicyclic) bond motifs is 1. The average Bonchev–Trinajstić information content (AvgIpc) is 2.66. The van der Waals surface area contributed by atoms with Crippen molar-refractivity contribution in [2.45, 2.75) is 91.5 Å². The number of cyclic esters (lactones) is 1. The van der Waals surface area contributed by atoms with Gasteiger partial charge in [0.1, 0.15) is 12.2 Å². The molecule has 0 aromatic rings. The Bertz CT molecular complexity index is 706. The summed E-state index contributed by atoms with van der Waals surface area (Å²) >= 11 is 0. The van der Waals surface area contributed by atoms with Gasteiger partial charge in [0.15, 0.2) is 0 Å². The van der Waals surface area contributed by atoms with Crippen molar-refractivity contribution in [3.05, 3.63) is 23.8 Å². The van der Waals surface area contributed by atoms with Crippen LogP contribution in [0.25, 0.3) is 0 Å². The zero-order valence-electron chi connectivity index (χ0n) is 19.1. The average molecular weight is 419 g/mol. The van der Waals surface area contributed by atoms with Gasteiger partial charge in [-0.15, -0.1) is 0 Å². The first-order valence-corrected chi connectivity index (χ1v) is 11.6. The zero-order valence-corrected chi connectivity index (χ0v) is 19.1. The van der Waals surface area contributed by atoms with Crippen molar-refractivity contribution in [2.24, 2.45) is 29.1 Å². The monoisotopic (exact) mass is 418 g/mol. The molecule has 0 bridgehead atoms. The van der Waals surface area contributed by atoms with Gasteiger partial charge in [0.05, 0.1) is 17.9 Å². The van der Waals surface area contributed by atoms with Gasteiger partial charge in [0.2, 0.25) is 0 Å². The van der Waals surface area contributed by atoms with Crippen molar-refractivity contribution < 1.29 is 24.2 Å². The SMILES string of the molecule is CCC(C)(C)C(=O)O[C@H]1C[C@@H](C)C=C2C=C[C@H](C)[C@H](CC[C@H]3C[C@H](O)CC(=O)O3)C21. The molecular formula is C25H38O5. The molecule has 1 saturated heterocycles. The highest BCUT2D eigenvalue weighted by Gasteiger charge is 2.43. The smallest absolute Gasteiger partial charge is 0.311 e. The van der Waals surface area contributed by atoms with Gasteiger partial charge in [-0.2, -0.15) is 0 Å². The number of hydrogen-bond acceptors (Lipinski definition) is 5. The van der Waals surface area contributed by atoms with Gasteiger partial charge in [0, 0.05) is 12.3 Å². The molecule has 1 N–H and O–H groups in total. The maximum absolute atomic E-state index is 12.9. The normalized spacial score (nSPS) is 36.5. The van der Waals surface area contributed by atoms with E-state index in [1.54, 1.807) is 0 Å². The molecule has 168 valence electrons. The molecule has 3 aliphatic rings. The van der Waals surface area contributed by atoms with Crippen molar-refractivity contribution in [1.29, 1.82) is 0 Å². The molecule has 1 aliphatic heterocycles. The second kappa shape index (κ2) is 9.25. The van der Waals surface area contributed by atoms with Crippen LogP contribution in [0, 0.1) is 29.1 Å². The number of rotatable bonds is 6. The van der Waals surface area contributed by atoms with Crippen LogP contribution in [0.1, 0.15) is 73.1 Å². The van der Waals surface area contributed by atoms with Gasteiger partial charge in [-0.1, -0.05) is 39.0 Å². The minimum atomic E-state index is -0.601. The van der Waals surface area contributed by atoms with Crippen LogP contribution in [0.15, 0.2) is 23.8 Å². The molecule has 3 rings (SSSR count). The molecular weight excluding hydrogens is 380 g/mol. The molecule has 0 aromatic heterocycles. The number of esters is 2. The van der Waals surface area contributed by atoms with Crippen LogP contribution in [0.2, 0.25) is 0 Å². The first kappa shape index (κ1) is 23.1. The standard InChI is InChI=1S/C25H38O5/c1-6-25(4,5)24(28)30-21-12-15(2)11-17-8-7-16(3)20(23(17)21)10-9-19-13-18(26)14-22(27)29-19/h7-8,11,15-16,18-21,23,26H,6,9-10,12-14H2,1-5H3/t15-,16-,18-,19-,20-,21-,23?/m0/s1. The molecule has 5 heteroatoms. The van der Waals surface area contributed by atoms with Gasteiger partial charge >= 0.3 is 11.9 Å². The van der Waals surface area contributed by atoms with E-state index >= 15 is 0 Å². The van der Waals surface area contributed by atoms with Crippen molar-refractivity contribution in [3.8, 4) is 0 Å². The van der Waals surface area contributed by atoms with Crippen LogP contribution in [0.4, 0.5) is 0 Å². The van der Waals surface area contributed by atoms with Crippen LogP contribution in [-0.4, -0.2) is 35.4 Å². The number of allylic oxidation sites excluding steroid dienone is 3. The molecule has 1 heterocycles. The summed E-state index contributed by atoms with van der Waals surface area (Å²) in [5.41, 5.74) is 0.785. The summed E-state index contributed by atoms with van der Waals surface area (Å²) in [6.07, 6.45) is 9.61. The molecule has 0 radical (unpaired) electrons. The van der Waals surface area contributed by atoms with E-state index in [1.807, 2.05) is 20.8 Å². The lowest BCUT2D eigenvalue weighted by Gasteiger charge is -2.44. The summed E-state index contributed by atoms with van der Waals surface area (Å²) in [7, 11) is 0. The molecule has 2 aliphatic carbocycles. The Balaban J connectivity index is 1.76. The minimum Gasteiger partial charge on any atom is -0.462 e. The first-order chi connectivity index (χ1) is 14.1. The lowest BCUT2D eigenvalue weighted by Crippen LogP contribution is -2.43. The van der Waals surface area contributed by atoms with Crippen molar-refractivity contribution in [1.82, 2.24) is 0 Å². The van der Waals surface area contributed by atoms with E-state index in [9.17, 15) is 14.7 Å². The van der Waals surface area contributed by atoms with E-state index in [0.717, 1.165) is 25.7 Å². The van der Waals surface area contributed by atoms with Crippen LogP contribution in [0.5, 0.6) is 0 Å². The van der Waals surface area contributed by atoms with Gasteiger partial charge in [-0.3, -0.25) is 9.59 Å². The predicted octanol–water partition coefficient (Wildman–Crippen LogP) is 4.59. The summed E-state index contributed by atoms with van der Waals surface area (Å²) in [6, 6.07) is 0. The summed E-state index contributed by atoms with van der Waals surface area (Å²) in [5.74, 6) is 0.776. The Labute approximate surface area is 180 Å².